The topological polar surface area (TPSA) is 46.9 Å². The lowest BCUT2D eigenvalue weighted by Gasteiger charge is -2.09. The molecule has 124 valence electrons. The predicted octanol–water partition coefficient (Wildman–Crippen LogP) is 4.68. The van der Waals surface area contributed by atoms with E-state index in [0.29, 0.717) is 5.69 Å². The van der Waals surface area contributed by atoms with Gasteiger partial charge in [-0.05, 0) is 53.5 Å². The van der Waals surface area contributed by atoms with E-state index in [1.807, 2.05) is 13.0 Å². The third kappa shape index (κ3) is 4.14. The van der Waals surface area contributed by atoms with E-state index < -0.39 is 17.8 Å². The normalized spacial score (nSPS) is 11.6. The largest absolute Gasteiger partial charge is 0.436 e. The highest BCUT2D eigenvalue weighted by Gasteiger charge is 2.38. The van der Waals surface area contributed by atoms with Gasteiger partial charge in [0.25, 0.3) is 0 Å². The number of aryl methyl sites for hydroxylation is 1. The molecule has 0 unspecified atom stereocenters. The molecule has 0 radical (unpaired) electrons. The van der Waals surface area contributed by atoms with Crippen LogP contribution >= 0.6 is 31.9 Å². The van der Waals surface area contributed by atoms with Gasteiger partial charge in [0.2, 0.25) is 5.91 Å². The lowest BCUT2D eigenvalue weighted by Crippen LogP contribution is -2.21. The Morgan fingerprint density at radius 1 is 1.30 bits per heavy atom. The number of carbonyl (C=O) groups is 1. The Balaban J connectivity index is 2.18. The minimum absolute atomic E-state index is 0.155. The van der Waals surface area contributed by atoms with Crippen LogP contribution in [0.1, 0.15) is 17.0 Å². The zero-order valence-corrected chi connectivity index (χ0v) is 15.3. The summed E-state index contributed by atoms with van der Waals surface area (Å²) in [6, 6.07) is 5.30. The number of benzene rings is 1. The molecule has 9 heteroatoms. The quantitative estimate of drug-likeness (QED) is 0.731. The van der Waals surface area contributed by atoms with Crippen molar-refractivity contribution < 1.29 is 18.0 Å². The van der Waals surface area contributed by atoms with Crippen molar-refractivity contribution >= 4 is 43.5 Å². The smallest absolute Gasteiger partial charge is 0.324 e. The Bertz CT molecular complexity index is 756. The van der Waals surface area contributed by atoms with Gasteiger partial charge in [-0.3, -0.25) is 9.48 Å². The van der Waals surface area contributed by atoms with E-state index in [9.17, 15) is 18.0 Å². The summed E-state index contributed by atoms with van der Waals surface area (Å²) in [4.78, 5) is 12.1. The van der Waals surface area contributed by atoms with E-state index in [0.717, 1.165) is 14.7 Å². The first-order valence-corrected chi connectivity index (χ1v) is 8.04. The Kier molecular flexibility index (Phi) is 5.20. The highest BCUT2D eigenvalue weighted by atomic mass is 79.9. The molecule has 1 heterocycles. The molecule has 1 amide bonds. The van der Waals surface area contributed by atoms with Crippen LogP contribution in [0.15, 0.2) is 27.1 Å². The van der Waals surface area contributed by atoms with Crippen molar-refractivity contribution in [2.45, 2.75) is 26.6 Å². The van der Waals surface area contributed by atoms with Crippen LogP contribution in [-0.4, -0.2) is 15.7 Å². The van der Waals surface area contributed by atoms with Crippen LogP contribution in [0.3, 0.4) is 0 Å². The molecular formula is C14H12Br2F3N3O. The number of hydrogen-bond donors (Lipinski definition) is 1. The fourth-order valence-electron chi connectivity index (χ4n) is 1.95. The minimum atomic E-state index is -4.58. The van der Waals surface area contributed by atoms with Gasteiger partial charge in [0.05, 0.1) is 10.2 Å². The fraction of sp³-hybridized carbons (Fsp3) is 0.286. The third-order valence-corrected chi connectivity index (χ3v) is 4.60. The molecule has 0 aliphatic heterocycles. The Morgan fingerprint density at radius 2 is 1.96 bits per heavy atom. The molecule has 4 nitrogen and oxygen atoms in total. The Labute approximate surface area is 147 Å². The molecule has 1 aromatic heterocycles. The number of alkyl halides is 3. The van der Waals surface area contributed by atoms with Gasteiger partial charge < -0.3 is 5.32 Å². The Morgan fingerprint density at radius 3 is 2.48 bits per heavy atom. The molecule has 0 saturated carbocycles. The highest BCUT2D eigenvalue weighted by molar-refractivity contribution is 9.10. The first-order valence-electron chi connectivity index (χ1n) is 6.45. The molecule has 0 spiro atoms. The molecule has 0 bridgehead atoms. The summed E-state index contributed by atoms with van der Waals surface area (Å²) in [6.45, 7) is 2.97. The van der Waals surface area contributed by atoms with Gasteiger partial charge in [0.1, 0.15) is 6.54 Å². The van der Waals surface area contributed by atoms with Crippen LogP contribution in [0.2, 0.25) is 0 Å². The van der Waals surface area contributed by atoms with E-state index in [4.69, 9.17) is 0 Å². The molecule has 0 saturated heterocycles. The van der Waals surface area contributed by atoms with Crippen LogP contribution in [0.25, 0.3) is 0 Å². The zero-order valence-electron chi connectivity index (χ0n) is 12.1. The van der Waals surface area contributed by atoms with Crippen molar-refractivity contribution in [3.05, 3.63) is 44.1 Å². The predicted molar refractivity (Wildman–Crippen MR) is 87.2 cm³/mol. The highest BCUT2D eigenvalue weighted by Crippen LogP contribution is 2.35. The summed E-state index contributed by atoms with van der Waals surface area (Å²) in [5.74, 6) is -0.456. The number of anilines is 1. The van der Waals surface area contributed by atoms with Crippen molar-refractivity contribution in [3.63, 3.8) is 0 Å². The van der Waals surface area contributed by atoms with Gasteiger partial charge in [-0.2, -0.15) is 18.3 Å². The number of rotatable bonds is 3. The maximum Gasteiger partial charge on any atom is 0.436 e. The SMILES string of the molecule is Cc1cc(Br)ccc1NC(=O)Cn1nc(C(F)(F)F)c(Br)c1C. The molecule has 0 fully saturated rings. The van der Waals surface area contributed by atoms with Crippen molar-refractivity contribution in [1.29, 1.82) is 0 Å². The molecule has 1 N–H and O–H groups in total. The minimum Gasteiger partial charge on any atom is -0.324 e. The summed E-state index contributed by atoms with van der Waals surface area (Å²) in [5.41, 5.74) is 0.628. The maximum absolute atomic E-state index is 12.8. The number of aromatic nitrogens is 2. The van der Waals surface area contributed by atoms with Crippen LogP contribution in [-0.2, 0) is 17.5 Å². The van der Waals surface area contributed by atoms with Crippen molar-refractivity contribution in [2.75, 3.05) is 5.32 Å². The van der Waals surface area contributed by atoms with Gasteiger partial charge in [0, 0.05) is 10.2 Å². The molecule has 0 aliphatic rings. The van der Waals surface area contributed by atoms with E-state index in [1.165, 1.54) is 6.92 Å². The zero-order chi connectivity index (χ0) is 17.4. The van der Waals surface area contributed by atoms with Gasteiger partial charge in [-0.15, -0.1) is 0 Å². The molecule has 1 aromatic carbocycles. The number of halogens is 5. The number of nitrogens with zero attached hydrogens (tertiary/aromatic N) is 2. The molecule has 2 rings (SSSR count). The fourth-order valence-corrected chi connectivity index (χ4v) is 2.94. The Hall–Kier alpha value is -1.35. The summed E-state index contributed by atoms with van der Waals surface area (Å²) < 4.78 is 40.2. The van der Waals surface area contributed by atoms with Crippen molar-refractivity contribution in [3.8, 4) is 0 Å². The summed E-state index contributed by atoms with van der Waals surface area (Å²) in [7, 11) is 0. The van der Waals surface area contributed by atoms with Crippen LogP contribution in [0.5, 0.6) is 0 Å². The summed E-state index contributed by atoms with van der Waals surface area (Å²) in [5, 5.41) is 6.14. The van der Waals surface area contributed by atoms with Crippen molar-refractivity contribution in [2.24, 2.45) is 0 Å². The van der Waals surface area contributed by atoms with Gasteiger partial charge in [-0.25, -0.2) is 0 Å². The number of carbonyl (C=O) groups excluding carboxylic acids is 1. The lowest BCUT2D eigenvalue weighted by atomic mass is 10.2. The summed E-state index contributed by atoms with van der Waals surface area (Å²) >= 11 is 6.19. The van der Waals surface area contributed by atoms with E-state index in [2.05, 4.69) is 42.3 Å². The molecular weight excluding hydrogens is 443 g/mol. The van der Waals surface area contributed by atoms with Gasteiger partial charge in [0.15, 0.2) is 5.69 Å². The average Bonchev–Trinajstić information content (AvgIpc) is 2.70. The lowest BCUT2D eigenvalue weighted by molar-refractivity contribution is -0.142. The van der Waals surface area contributed by atoms with Gasteiger partial charge in [-0.1, -0.05) is 15.9 Å². The van der Waals surface area contributed by atoms with Crippen LogP contribution in [0.4, 0.5) is 18.9 Å². The number of hydrogen-bond acceptors (Lipinski definition) is 2. The molecule has 0 atom stereocenters. The first-order chi connectivity index (χ1) is 10.6. The summed E-state index contributed by atoms with van der Waals surface area (Å²) in [6.07, 6.45) is -4.58. The van der Waals surface area contributed by atoms with Gasteiger partial charge >= 0.3 is 6.18 Å². The molecule has 2 aromatic rings. The second-order valence-electron chi connectivity index (χ2n) is 4.91. The number of nitrogens with one attached hydrogen (secondary N) is 1. The van der Waals surface area contributed by atoms with Crippen molar-refractivity contribution in [1.82, 2.24) is 9.78 Å². The van der Waals surface area contributed by atoms with E-state index >= 15 is 0 Å². The second-order valence-corrected chi connectivity index (χ2v) is 6.62. The average molecular weight is 455 g/mol. The third-order valence-electron chi connectivity index (χ3n) is 3.16. The number of amides is 1. The monoisotopic (exact) mass is 453 g/mol. The van der Waals surface area contributed by atoms with E-state index in [-0.39, 0.29) is 16.7 Å². The molecule has 0 aliphatic carbocycles. The first kappa shape index (κ1) is 18.0. The molecule has 23 heavy (non-hydrogen) atoms. The maximum atomic E-state index is 12.8. The van der Waals surface area contributed by atoms with Crippen LogP contribution < -0.4 is 5.32 Å². The standard InChI is InChI=1S/C14H12Br2F3N3O/c1-7-5-9(15)3-4-10(7)20-11(23)6-22-8(2)12(16)13(21-22)14(17,18)19/h3-5H,6H2,1-2H3,(H,20,23). The van der Waals surface area contributed by atoms with Crippen LogP contribution in [0, 0.1) is 13.8 Å². The van der Waals surface area contributed by atoms with E-state index in [1.54, 1.807) is 12.1 Å². The second kappa shape index (κ2) is 6.64.